The third kappa shape index (κ3) is 5.19. The Morgan fingerprint density at radius 1 is 1.26 bits per heavy atom. The summed E-state index contributed by atoms with van der Waals surface area (Å²) >= 11 is 0. The van der Waals surface area contributed by atoms with Crippen LogP contribution in [-0.4, -0.2) is 74.8 Å². The molecule has 1 aliphatic carbocycles. The Morgan fingerprint density at radius 3 is 2.74 bits per heavy atom. The molecule has 2 saturated heterocycles. The van der Waals surface area contributed by atoms with Crippen LogP contribution in [0.15, 0.2) is 24.4 Å². The molecule has 9 heteroatoms. The van der Waals surface area contributed by atoms with Gasteiger partial charge in [-0.05, 0) is 43.7 Å². The predicted molar refractivity (Wildman–Crippen MR) is 118 cm³/mol. The van der Waals surface area contributed by atoms with Gasteiger partial charge in [0.05, 0.1) is 11.2 Å². The van der Waals surface area contributed by atoms with Crippen LogP contribution in [0.3, 0.4) is 0 Å². The van der Waals surface area contributed by atoms with Crippen molar-refractivity contribution in [1.82, 2.24) is 15.2 Å². The number of amides is 2. The fourth-order valence-corrected chi connectivity index (χ4v) is 5.46. The van der Waals surface area contributed by atoms with Gasteiger partial charge >= 0.3 is 0 Å². The number of nitrogens with zero attached hydrogens (tertiary/aromatic N) is 3. The molecule has 0 bridgehead atoms. The first-order valence-electron chi connectivity index (χ1n) is 11.2. The molecule has 0 radical (unpaired) electrons. The van der Waals surface area contributed by atoms with Crippen molar-refractivity contribution in [3.63, 3.8) is 0 Å². The van der Waals surface area contributed by atoms with Crippen LogP contribution in [0.4, 0.5) is 5.82 Å². The van der Waals surface area contributed by atoms with E-state index in [2.05, 4.69) is 15.2 Å². The van der Waals surface area contributed by atoms with Gasteiger partial charge in [-0.25, -0.2) is 13.4 Å². The highest BCUT2D eigenvalue weighted by Gasteiger charge is 2.53. The van der Waals surface area contributed by atoms with Gasteiger partial charge in [0, 0.05) is 57.5 Å². The monoisotopic (exact) mass is 448 g/mol. The zero-order valence-corrected chi connectivity index (χ0v) is 18.9. The van der Waals surface area contributed by atoms with Crippen LogP contribution >= 0.6 is 0 Å². The molecule has 0 aromatic carbocycles. The van der Waals surface area contributed by atoms with Crippen molar-refractivity contribution in [3.05, 3.63) is 24.4 Å². The van der Waals surface area contributed by atoms with E-state index in [4.69, 9.17) is 0 Å². The minimum Gasteiger partial charge on any atom is -0.355 e. The smallest absolute Gasteiger partial charge is 0.228 e. The predicted octanol–water partition coefficient (Wildman–Crippen LogP) is 1.09. The van der Waals surface area contributed by atoms with Crippen LogP contribution in [0, 0.1) is 17.3 Å². The molecule has 1 saturated carbocycles. The Morgan fingerprint density at radius 2 is 2.06 bits per heavy atom. The molecule has 4 rings (SSSR count). The lowest BCUT2D eigenvalue weighted by molar-refractivity contribution is -0.135. The van der Waals surface area contributed by atoms with Gasteiger partial charge in [0.2, 0.25) is 11.8 Å². The number of fused-ring (bicyclic) bond motifs is 1. The zero-order valence-electron chi connectivity index (χ0n) is 18.1. The Balaban J connectivity index is 1.53. The number of hydrogen-bond donors (Lipinski definition) is 1. The Kier molecular flexibility index (Phi) is 6.23. The van der Waals surface area contributed by atoms with Crippen molar-refractivity contribution in [2.75, 3.05) is 49.6 Å². The van der Waals surface area contributed by atoms with Crippen molar-refractivity contribution >= 4 is 27.5 Å². The molecule has 2 atom stereocenters. The van der Waals surface area contributed by atoms with E-state index in [0.717, 1.165) is 25.0 Å². The Labute approximate surface area is 184 Å². The minimum atomic E-state index is -3.19. The molecule has 1 aromatic heterocycles. The Bertz CT molecular complexity index is 919. The molecule has 1 N–H and O–H groups in total. The fourth-order valence-electron chi connectivity index (χ4n) is 4.91. The number of sulfone groups is 1. The van der Waals surface area contributed by atoms with Gasteiger partial charge in [0.25, 0.3) is 0 Å². The van der Waals surface area contributed by atoms with Gasteiger partial charge in [-0.1, -0.05) is 6.07 Å². The SMILES string of the molecule is CS(=O)(=O)CCC(=O)N1CCC[C@@]2(C(=O)NCC3CC3)CN(c3ccccn3)C[C@@H]2C1. The lowest BCUT2D eigenvalue weighted by atomic mass is 9.74. The average molecular weight is 449 g/mol. The van der Waals surface area contributed by atoms with Gasteiger partial charge < -0.3 is 15.1 Å². The highest BCUT2D eigenvalue weighted by atomic mass is 32.2. The summed E-state index contributed by atoms with van der Waals surface area (Å²) in [5.74, 6) is 1.24. The molecule has 1 aromatic rings. The number of nitrogens with one attached hydrogen (secondary N) is 1. The van der Waals surface area contributed by atoms with Gasteiger partial charge in [-0.3, -0.25) is 9.59 Å². The standard InChI is InChI=1S/C22H32N4O4S/c1-31(29,30)12-8-20(27)25-11-4-9-22(21(28)24-13-17-6-7-17)16-26(15-18(22)14-25)19-5-2-3-10-23-19/h2-3,5,10,17-18H,4,6-9,11-16H2,1H3,(H,24,28)/t18-,22+/m0/s1. The van der Waals surface area contributed by atoms with Crippen molar-refractivity contribution in [2.45, 2.75) is 32.1 Å². The quantitative estimate of drug-likeness (QED) is 0.670. The molecule has 3 aliphatic rings. The van der Waals surface area contributed by atoms with E-state index in [1.54, 1.807) is 11.1 Å². The second-order valence-electron chi connectivity index (χ2n) is 9.40. The number of aromatic nitrogens is 1. The van der Waals surface area contributed by atoms with Crippen molar-refractivity contribution < 1.29 is 18.0 Å². The summed E-state index contributed by atoms with van der Waals surface area (Å²) in [4.78, 5) is 34.6. The molecule has 0 spiro atoms. The molecular weight excluding hydrogens is 416 g/mol. The van der Waals surface area contributed by atoms with E-state index in [1.165, 1.54) is 12.8 Å². The van der Waals surface area contributed by atoms with Crippen LogP contribution in [0.1, 0.15) is 32.1 Å². The molecule has 2 amide bonds. The van der Waals surface area contributed by atoms with Crippen LogP contribution in [0.25, 0.3) is 0 Å². The maximum atomic E-state index is 13.5. The number of carbonyl (C=O) groups is 2. The molecular formula is C22H32N4O4S. The normalized spacial score (nSPS) is 26.3. The van der Waals surface area contributed by atoms with Gasteiger partial charge in [-0.15, -0.1) is 0 Å². The summed E-state index contributed by atoms with van der Waals surface area (Å²) < 4.78 is 23.0. The highest BCUT2D eigenvalue weighted by molar-refractivity contribution is 7.90. The van der Waals surface area contributed by atoms with Crippen molar-refractivity contribution in [2.24, 2.45) is 17.3 Å². The van der Waals surface area contributed by atoms with Crippen LogP contribution in [0.2, 0.25) is 0 Å². The molecule has 170 valence electrons. The van der Waals surface area contributed by atoms with Gasteiger partial charge in [0.15, 0.2) is 0 Å². The molecule has 31 heavy (non-hydrogen) atoms. The van der Waals surface area contributed by atoms with E-state index < -0.39 is 15.3 Å². The van der Waals surface area contributed by atoms with Gasteiger partial charge in [-0.2, -0.15) is 0 Å². The largest absolute Gasteiger partial charge is 0.355 e. The van der Waals surface area contributed by atoms with E-state index >= 15 is 0 Å². The zero-order chi connectivity index (χ0) is 22.1. The summed E-state index contributed by atoms with van der Waals surface area (Å²) in [6, 6.07) is 5.77. The maximum Gasteiger partial charge on any atom is 0.228 e. The van der Waals surface area contributed by atoms with E-state index in [1.807, 2.05) is 18.2 Å². The Hall–Kier alpha value is -2.16. The number of hydrogen-bond acceptors (Lipinski definition) is 6. The molecule has 3 heterocycles. The van der Waals surface area contributed by atoms with E-state index in [9.17, 15) is 18.0 Å². The highest BCUT2D eigenvalue weighted by Crippen LogP contribution is 2.44. The van der Waals surface area contributed by atoms with Gasteiger partial charge in [0.1, 0.15) is 15.7 Å². The number of rotatable bonds is 7. The van der Waals surface area contributed by atoms with Crippen LogP contribution < -0.4 is 10.2 Å². The summed E-state index contributed by atoms with van der Waals surface area (Å²) in [5, 5.41) is 3.20. The third-order valence-corrected chi connectivity index (χ3v) is 7.85. The molecule has 8 nitrogen and oxygen atoms in total. The number of anilines is 1. The van der Waals surface area contributed by atoms with E-state index in [0.29, 0.717) is 38.5 Å². The molecule has 3 fully saturated rings. The first-order chi connectivity index (χ1) is 14.8. The molecule has 2 aliphatic heterocycles. The fraction of sp³-hybridized carbons (Fsp3) is 0.682. The van der Waals surface area contributed by atoms with Crippen LogP contribution in [-0.2, 0) is 19.4 Å². The second-order valence-corrected chi connectivity index (χ2v) is 11.7. The lowest BCUT2D eigenvalue weighted by Crippen LogP contribution is -2.48. The minimum absolute atomic E-state index is 0.00359. The van der Waals surface area contributed by atoms with Crippen molar-refractivity contribution in [3.8, 4) is 0 Å². The third-order valence-electron chi connectivity index (χ3n) is 6.90. The summed E-state index contributed by atoms with van der Waals surface area (Å²) in [5.41, 5.74) is -0.557. The average Bonchev–Trinajstić information content (AvgIpc) is 3.53. The maximum absolute atomic E-state index is 13.5. The second kappa shape index (κ2) is 8.76. The van der Waals surface area contributed by atoms with E-state index in [-0.39, 0.29) is 29.9 Å². The number of carbonyl (C=O) groups excluding carboxylic acids is 2. The van der Waals surface area contributed by atoms with Crippen molar-refractivity contribution in [1.29, 1.82) is 0 Å². The summed E-state index contributed by atoms with van der Waals surface area (Å²) in [6.07, 6.45) is 6.71. The topological polar surface area (TPSA) is 99.7 Å². The molecule has 0 unspecified atom stereocenters. The first kappa shape index (κ1) is 22.0. The van der Waals surface area contributed by atoms with Crippen LogP contribution in [0.5, 0.6) is 0 Å². The number of pyridine rings is 1. The first-order valence-corrected chi connectivity index (χ1v) is 13.2. The summed E-state index contributed by atoms with van der Waals surface area (Å²) in [7, 11) is -3.19. The lowest BCUT2D eigenvalue weighted by Gasteiger charge is -2.32. The number of likely N-dealkylation sites (tertiary alicyclic amines) is 1. The summed E-state index contributed by atoms with van der Waals surface area (Å²) in [6.45, 7) is 3.03.